The molecule has 0 saturated carbocycles. The van der Waals surface area contributed by atoms with E-state index >= 15 is 0 Å². The molecule has 6 nitrogen and oxygen atoms in total. The van der Waals surface area contributed by atoms with E-state index in [2.05, 4.69) is 5.32 Å². The van der Waals surface area contributed by atoms with Gasteiger partial charge in [-0.3, -0.25) is 4.79 Å². The summed E-state index contributed by atoms with van der Waals surface area (Å²) in [6, 6.07) is 5.49. The molecule has 1 unspecified atom stereocenters. The van der Waals surface area contributed by atoms with Gasteiger partial charge in [0.25, 0.3) is 5.91 Å². The van der Waals surface area contributed by atoms with E-state index in [1.54, 1.807) is 13.0 Å². The van der Waals surface area contributed by atoms with Gasteiger partial charge in [0.15, 0.2) is 6.10 Å². The van der Waals surface area contributed by atoms with Crippen LogP contribution < -0.4 is 5.32 Å². The lowest BCUT2D eigenvalue weighted by molar-refractivity contribution is -0.125. The summed E-state index contributed by atoms with van der Waals surface area (Å²) >= 11 is 1.29. The molecule has 1 N–H and O–H groups in total. The van der Waals surface area contributed by atoms with Gasteiger partial charge in [-0.05, 0) is 38.0 Å². The van der Waals surface area contributed by atoms with E-state index in [0.717, 1.165) is 21.6 Å². The molecule has 3 rings (SSSR count). The zero-order chi connectivity index (χ0) is 19.0. The fraction of sp³-hybridized carbons (Fsp3) is 0.316. The average molecular weight is 373 g/mol. The predicted octanol–water partition coefficient (Wildman–Crippen LogP) is 3.18. The number of benzene rings is 1. The highest BCUT2D eigenvalue weighted by atomic mass is 32.1. The second-order valence-corrected chi connectivity index (χ2v) is 7.45. The Bertz CT molecular complexity index is 915. The van der Waals surface area contributed by atoms with Gasteiger partial charge in [-0.15, -0.1) is 11.3 Å². The third-order valence-corrected chi connectivity index (χ3v) is 5.57. The standard InChI is InChI=1S/C19H19NO5S/c1-9-5-6-12-8-14(25-18(22)13(12)7-9)16(21)20-17-15(19(23)24-4)10(2)11(3)26-17/h5-7,14H,8H2,1-4H3,(H,20,21). The number of hydrogen-bond donors (Lipinski definition) is 1. The van der Waals surface area contributed by atoms with Gasteiger partial charge in [0, 0.05) is 11.3 Å². The molecule has 0 saturated heterocycles. The molecule has 2 aromatic rings. The highest BCUT2D eigenvalue weighted by Crippen LogP contribution is 2.33. The quantitative estimate of drug-likeness (QED) is 0.836. The summed E-state index contributed by atoms with van der Waals surface area (Å²) in [5.74, 6) is -1.48. The zero-order valence-corrected chi connectivity index (χ0v) is 15.8. The lowest BCUT2D eigenvalue weighted by Crippen LogP contribution is -2.38. The number of carbonyl (C=O) groups is 3. The van der Waals surface area contributed by atoms with E-state index < -0.39 is 23.9 Å². The molecular weight excluding hydrogens is 354 g/mol. The van der Waals surface area contributed by atoms with E-state index in [1.165, 1.54) is 18.4 Å². The van der Waals surface area contributed by atoms with Crippen LogP contribution in [0.15, 0.2) is 18.2 Å². The van der Waals surface area contributed by atoms with E-state index in [-0.39, 0.29) is 0 Å². The van der Waals surface area contributed by atoms with E-state index in [0.29, 0.717) is 22.5 Å². The number of rotatable bonds is 3. The molecule has 1 aliphatic heterocycles. The first-order valence-corrected chi connectivity index (χ1v) is 8.93. The Kier molecular flexibility index (Phi) is 4.82. The third-order valence-electron chi connectivity index (χ3n) is 4.44. The zero-order valence-electron chi connectivity index (χ0n) is 15.0. The summed E-state index contributed by atoms with van der Waals surface area (Å²) in [6.07, 6.45) is -0.643. The molecule has 7 heteroatoms. The minimum atomic E-state index is -0.939. The van der Waals surface area contributed by atoms with Crippen LogP contribution in [0.25, 0.3) is 0 Å². The van der Waals surface area contributed by atoms with E-state index in [4.69, 9.17) is 9.47 Å². The van der Waals surface area contributed by atoms with E-state index in [1.807, 2.05) is 26.0 Å². The highest BCUT2D eigenvalue weighted by Gasteiger charge is 2.32. The summed E-state index contributed by atoms with van der Waals surface area (Å²) in [5.41, 5.74) is 3.32. The number of carbonyl (C=O) groups excluding carboxylic acids is 3. The lowest BCUT2D eigenvalue weighted by atomic mass is 9.96. The maximum absolute atomic E-state index is 12.6. The Hall–Kier alpha value is -2.67. The number of anilines is 1. The number of thiophene rings is 1. The summed E-state index contributed by atoms with van der Waals surface area (Å²) in [7, 11) is 1.29. The maximum atomic E-state index is 12.6. The minimum absolute atomic E-state index is 0.296. The maximum Gasteiger partial charge on any atom is 0.341 e. The first-order valence-electron chi connectivity index (χ1n) is 8.11. The summed E-state index contributed by atoms with van der Waals surface area (Å²) in [5, 5.41) is 3.13. The van der Waals surface area contributed by atoms with Gasteiger partial charge in [-0.2, -0.15) is 0 Å². The second kappa shape index (κ2) is 6.92. The SMILES string of the molecule is COC(=O)c1c(NC(=O)C2Cc3ccc(C)cc3C(=O)O2)sc(C)c1C. The van der Waals surface area contributed by atoms with Gasteiger partial charge in [0.1, 0.15) is 5.00 Å². The van der Waals surface area contributed by atoms with Crippen LogP contribution >= 0.6 is 11.3 Å². The molecule has 1 amide bonds. The average Bonchev–Trinajstić information content (AvgIpc) is 2.88. The van der Waals surface area contributed by atoms with Crippen LogP contribution in [0.3, 0.4) is 0 Å². The predicted molar refractivity (Wildman–Crippen MR) is 97.8 cm³/mol. The second-order valence-electron chi connectivity index (χ2n) is 6.23. The molecule has 1 aromatic heterocycles. The van der Waals surface area contributed by atoms with Crippen molar-refractivity contribution < 1.29 is 23.9 Å². The van der Waals surface area contributed by atoms with Crippen LogP contribution in [0.1, 0.15) is 42.3 Å². The molecule has 0 spiro atoms. The molecule has 0 bridgehead atoms. The Morgan fingerprint density at radius 1 is 1.27 bits per heavy atom. The van der Waals surface area contributed by atoms with Gasteiger partial charge < -0.3 is 14.8 Å². The van der Waals surface area contributed by atoms with Crippen molar-refractivity contribution in [2.45, 2.75) is 33.3 Å². The van der Waals surface area contributed by atoms with Gasteiger partial charge in [0.05, 0.1) is 18.2 Å². The van der Waals surface area contributed by atoms with Crippen molar-refractivity contribution in [1.82, 2.24) is 0 Å². The van der Waals surface area contributed by atoms with Crippen LogP contribution in [0.2, 0.25) is 0 Å². The molecule has 136 valence electrons. The molecule has 0 aliphatic carbocycles. The smallest absolute Gasteiger partial charge is 0.341 e. The fourth-order valence-corrected chi connectivity index (χ4v) is 3.95. The lowest BCUT2D eigenvalue weighted by Gasteiger charge is -2.24. The Morgan fingerprint density at radius 2 is 2.00 bits per heavy atom. The summed E-state index contributed by atoms with van der Waals surface area (Å²) in [6.45, 7) is 5.55. The topological polar surface area (TPSA) is 81.7 Å². The number of methoxy groups -OCH3 is 1. The third kappa shape index (κ3) is 3.22. The normalized spacial score (nSPS) is 15.8. The number of aryl methyl sites for hydroxylation is 2. The molecule has 0 fully saturated rings. The number of nitrogens with one attached hydrogen (secondary N) is 1. The minimum Gasteiger partial charge on any atom is -0.465 e. The highest BCUT2D eigenvalue weighted by molar-refractivity contribution is 7.16. The molecule has 26 heavy (non-hydrogen) atoms. The molecule has 0 radical (unpaired) electrons. The van der Waals surface area contributed by atoms with Crippen molar-refractivity contribution >= 4 is 34.2 Å². The van der Waals surface area contributed by atoms with Crippen molar-refractivity contribution in [3.8, 4) is 0 Å². The summed E-state index contributed by atoms with van der Waals surface area (Å²) < 4.78 is 10.1. The Labute approximate surface area is 155 Å². The van der Waals surface area contributed by atoms with Gasteiger partial charge >= 0.3 is 11.9 Å². The number of amides is 1. The molecular formula is C19H19NO5S. The van der Waals surface area contributed by atoms with Crippen molar-refractivity contribution in [1.29, 1.82) is 0 Å². The fourth-order valence-electron chi connectivity index (χ4n) is 2.89. The van der Waals surface area contributed by atoms with Crippen molar-refractivity contribution in [3.05, 3.63) is 50.9 Å². The van der Waals surface area contributed by atoms with Crippen LogP contribution in [0.5, 0.6) is 0 Å². The monoisotopic (exact) mass is 373 g/mol. The first-order chi connectivity index (χ1) is 12.3. The first kappa shape index (κ1) is 18.1. The van der Waals surface area contributed by atoms with Gasteiger partial charge in [-0.1, -0.05) is 17.7 Å². The summed E-state index contributed by atoms with van der Waals surface area (Å²) in [4.78, 5) is 37.8. The number of cyclic esters (lactones) is 1. The number of ether oxygens (including phenoxy) is 2. The van der Waals surface area contributed by atoms with Crippen LogP contribution in [-0.2, 0) is 20.7 Å². The van der Waals surface area contributed by atoms with Crippen molar-refractivity contribution in [2.24, 2.45) is 0 Å². The van der Waals surface area contributed by atoms with Gasteiger partial charge in [-0.25, -0.2) is 9.59 Å². The van der Waals surface area contributed by atoms with E-state index in [9.17, 15) is 14.4 Å². The van der Waals surface area contributed by atoms with Crippen molar-refractivity contribution in [3.63, 3.8) is 0 Å². The number of hydrogen-bond acceptors (Lipinski definition) is 6. The Morgan fingerprint density at radius 3 is 2.69 bits per heavy atom. The number of fused-ring (bicyclic) bond motifs is 1. The molecule has 1 aromatic carbocycles. The van der Waals surface area contributed by atoms with Crippen LogP contribution in [-0.4, -0.2) is 31.1 Å². The molecule has 1 atom stereocenters. The van der Waals surface area contributed by atoms with Crippen LogP contribution in [0.4, 0.5) is 5.00 Å². The van der Waals surface area contributed by atoms with Gasteiger partial charge in [0.2, 0.25) is 0 Å². The largest absolute Gasteiger partial charge is 0.465 e. The number of esters is 2. The molecule has 2 heterocycles. The molecule has 1 aliphatic rings. The van der Waals surface area contributed by atoms with Crippen LogP contribution in [0, 0.1) is 20.8 Å². The van der Waals surface area contributed by atoms with Crippen molar-refractivity contribution in [2.75, 3.05) is 12.4 Å². The Balaban J connectivity index is 1.84.